The van der Waals surface area contributed by atoms with E-state index in [0.717, 1.165) is 0 Å². The van der Waals surface area contributed by atoms with Gasteiger partial charge in [0.15, 0.2) is 23.1 Å². The van der Waals surface area contributed by atoms with Gasteiger partial charge in [0.05, 0.1) is 25.6 Å². The maximum absolute atomic E-state index is 13.7. The molecule has 8 heteroatoms. The first-order valence-electron chi connectivity index (χ1n) is 7.97. The van der Waals surface area contributed by atoms with E-state index in [4.69, 9.17) is 19.1 Å². The Balaban J connectivity index is 1.90. The lowest BCUT2D eigenvalue weighted by Crippen LogP contribution is -2.02. The van der Waals surface area contributed by atoms with Gasteiger partial charge in [-0.25, -0.2) is 8.78 Å². The van der Waals surface area contributed by atoms with Crippen LogP contribution in [0.5, 0.6) is 11.5 Å². The third-order valence-electron chi connectivity index (χ3n) is 3.65. The van der Waals surface area contributed by atoms with Crippen LogP contribution in [0.4, 0.5) is 8.78 Å². The van der Waals surface area contributed by atoms with E-state index in [1.807, 2.05) is 0 Å². The van der Waals surface area contributed by atoms with Crippen LogP contribution in [-0.4, -0.2) is 32.4 Å². The van der Waals surface area contributed by atoms with Crippen LogP contribution in [0, 0.1) is 11.6 Å². The molecule has 0 heterocycles. The smallest absolute Gasteiger partial charge is 0.280 e. The van der Waals surface area contributed by atoms with E-state index >= 15 is 0 Å². The fraction of sp³-hybridized carbons (Fsp3) is 0.263. The predicted molar refractivity (Wildman–Crippen MR) is 97.4 cm³/mol. The molecule has 0 saturated heterocycles. The number of hydrogen-bond donors (Lipinski definition) is 0. The highest BCUT2D eigenvalue weighted by Crippen LogP contribution is 2.19. The highest BCUT2D eigenvalue weighted by atomic mass is 19.1. The number of oxime groups is 2. The van der Waals surface area contributed by atoms with Crippen LogP contribution in [0.2, 0.25) is 0 Å². The summed E-state index contributed by atoms with van der Waals surface area (Å²) in [5.74, 6) is -0.688. The maximum Gasteiger partial charge on any atom is 0.280 e. The van der Waals surface area contributed by atoms with Crippen LogP contribution < -0.4 is 9.47 Å². The molecular weight excluding hydrogens is 358 g/mol. The molecule has 0 aromatic heterocycles. The lowest BCUT2D eigenvalue weighted by molar-refractivity contribution is -0.0505. The average molecular weight is 378 g/mol. The highest BCUT2D eigenvalue weighted by Gasteiger charge is 2.07. The van der Waals surface area contributed by atoms with Gasteiger partial charge in [-0.1, -0.05) is 10.3 Å². The van der Waals surface area contributed by atoms with Crippen LogP contribution in [0.25, 0.3) is 0 Å². The molecule has 0 aliphatic carbocycles. The second-order valence-corrected chi connectivity index (χ2v) is 5.43. The van der Waals surface area contributed by atoms with E-state index in [0.29, 0.717) is 22.6 Å². The SMILES string of the molecule is COc1ccc(C(C)=NOCON=C(C)c2ccc(OC)c(F)c2)cc1F. The van der Waals surface area contributed by atoms with Crippen LogP contribution in [0.1, 0.15) is 25.0 Å². The first-order chi connectivity index (χ1) is 13.0. The second kappa shape index (κ2) is 9.51. The molecule has 6 nitrogen and oxygen atoms in total. The predicted octanol–water partition coefficient (Wildman–Crippen LogP) is 4.12. The van der Waals surface area contributed by atoms with Gasteiger partial charge in [0, 0.05) is 11.1 Å². The zero-order chi connectivity index (χ0) is 19.8. The van der Waals surface area contributed by atoms with Gasteiger partial charge in [0.1, 0.15) is 0 Å². The summed E-state index contributed by atoms with van der Waals surface area (Å²) in [4.78, 5) is 10.0. The summed E-state index contributed by atoms with van der Waals surface area (Å²) in [6, 6.07) is 8.91. The van der Waals surface area contributed by atoms with Gasteiger partial charge in [0.25, 0.3) is 6.79 Å². The third-order valence-corrected chi connectivity index (χ3v) is 3.65. The topological polar surface area (TPSA) is 61.6 Å². The van der Waals surface area contributed by atoms with E-state index < -0.39 is 11.6 Å². The summed E-state index contributed by atoms with van der Waals surface area (Å²) in [5.41, 5.74) is 2.00. The Bertz CT molecular complexity index is 784. The molecule has 0 N–H and O–H groups in total. The Labute approximate surface area is 156 Å². The molecule has 0 atom stereocenters. The van der Waals surface area contributed by atoms with Crippen molar-refractivity contribution in [2.24, 2.45) is 10.3 Å². The number of hydrogen-bond acceptors (Lipinski definition) is 6. The second-order valence-electron chi connectivity index (χ2n) is 5.43. The van der Waals surface area contributed by atoms with Crippen molar-refractivity contribution in [3.8, 4) is 11.5 Å². The minimum Gasteiger partial charge on any atom is -0.494 e. The lowest BCUT2D eigenvalue weighted by atomic mass is 10.1. The minimum absolute atomic E-state index is 0.149. The van der Waals surface area contributed by atoms with Crippen molar-refractivity contribution < 1.29 is 27.9 Å². The quantitative estimate of drug-likeness (QED) is 0.300. The summed E-state index contributed by atoms with van der Waals surface area (Å²) in [5, 5.41) is 7.67. The molecule has 27 heavy (non-hydrogen) atoms. The Morgan fingerprint density at radius 1 is 0.778 bits per heavy atom. The van der Waals surface area contributed by atoms with Crippen molar-refractivity contribution in [1.29, 1.82) is 0 Å². The number of ether oxygens (including phenoxy) is 2. The number of methoxy groups -OCH3 is 2. The Kier molecular flexibility index (Phi) is 7.10. The molecule has 2 rings (SSSR count). The molecule has 0 aliphatic rings. The zero-order valence-corrected chi connectivity index (χ0v) is 15.5. The molecule has 0 radical (unpaired) electrons. The van der Waals surface area contributed by atoms with E-state index in [9.17, 15) is 8.78 Å². The number of rotatable bonds is 8. The average Bonchev–Trinajstić information content (AvgIpc) is 2.67. The fourth-order valence-corrected chi connectivity index (χ4v) is 2.16. The lowest BCUT2D eigenvalue weighted by Gasteiger charge is -2.06. The molecule has 0 spiro atoms. The Hall–Kier alpha value is -3.16. The van der Waals surface area contributed by atoms with E-state index in [-0.39, 0.29) is 18.3 Å². The number of benzene rings is 2. The van der Waals surface area contributed by atoms with Crippen LogP contribution >= 0.6 is 0 Å². The normalized spacial score (nSPS) is 11.9. The fourth-order valence-electron chi connectivity index (χ4n) is 2.16. The molecule has 0 fully saturated rings. The third kappa shape index (κ3) is 5.40. The summed E-state index contributed by atoms with van der Waals surface area (Å²) in [6.45, 7) is 3.07. The van der Waals surface area contributed by atoms with Crippen LogP contribution in [-0.2, 0) is 9.68 Å². The molecule has 0 saturated carbocycles. The van der Waals surface area contributed by atoms with Gasteiger partial charge >= 0.3 is 0 Å². The first-order valence-corrected chi connectivity index (χ1v) is 7.97. The van der Waals surface area contributed by atoms with Crippen molar-refractivity contribution in [2.75, 3.05) is 21.0 Å². The molecule has 0 aliphatic heterocycles. The largest absolute Gasteiger partial charge is 0.494 e. The minimum atomic E-state index is -0.493. The molecule has 2 aromatic carbocycles. The van der Waals surface area contributed by atoms with Gasteiger partial charge in [-0.05, 0) is 50.2 Å². The molecule has 0 amide bonds. The van der Waals surface area contributed by atoms with E-state index in [2.05, 4.69) is 10.3 Å². The van der Waals surface area contributed by atoms with Gasteiger partial charge in [-0.3, -0.25) is 0 Å². The summed E-state index contributed by atoms with van der Waals surface area (Å²) in [7, 11) is 2.78. The Morgan fingerprint density at radius 2 is 1.19 bits per heavy atom. The van der Waals surface area contributed by atoms with Gasteiger partial charge in [-0.15, -0.1) is 0 Å². The molecule has 0 unspecified atom stereocenters. The van der Waals surface area contributed by atoms with Crippen LogP contribution in [0.3, 0.4) is 0 Å². The summed E-state index contributed by atoms with van der Waals surface area (Å²) in [6.07, 6.45) is 0. The van der Waals surface area contributed by atoms with Crippen LogP contribution in [0.15, 0.2) is 46.7 Å². The van der Waals surface area contributed by atoms with Crippen molar-refractivity contribution in [3.05, 3.63) is 59.2 Å². The molecule has 2 aromatic rings. The number of nitrogens with zero attached hydrogens (tertiary/aromatic N) is 2. The summed E-state index contributed by atoms with van der Waals surface area (Å²) >= 11 is 0. The first kappa shape index (κ1) is 20.2. The highest BCUT2D eigenvalue weighted by molar-refractivity contribution is 5.98. The van der Waals surface area contributed by atoms with Crippen molar-refractivity contribution >= 4 is 11.4 Å². The Morgan fingerprint density at radius 3 is 1.52 bits per heavy atom. The molecule has 144 valence electrons. The van der Waals surface area contributed by atoms with E-state index in [1.165, 1.54) is 38.5 Å². The van der Waals surface area contributed by atoms with Gasteiger partial charge in [-0.2, -0.15) is 0 Å². The standard InChI is InChI=1S/C19H20F2N2O4/c1-12(14-5-7-18(24-3)16(20)9-14)22-26-11-27-23-13(2)15-6-8-19(25-4)17(21)10-15/h5-10H,11H2,1-4H3. The number of halogens is 2. The van der Waals surface area contributed by atoms with Crippen molar-refractivity contribution in [1.82, 2.24) is 0 Å². The van der Waals surface area contributed by atoms with Gasteiger partial charge in [0.2, 0.25) is 0 Å². The maximum atomic E-state index is 13.7. The van der Waals surface area contributed by atoms with E-state index in [1.54, 1.807) is 26.0 Å². The molecule has 0 bridgehead atoms. The van der Waals surface area contributed by atoms with Crippen molar-refractivity contribution in [2.45, 2.75) is 13.8 Å². The summed E-state index contributed by atoms with van der Waals surface area (Å²) < 4.78 is 37.1. The van der Waals surface area contributed by atoms with Gasteiger partial charge < -0.3 is 19.1 Å². The van der Waals surface area contributed by atoms with Crippen molar-refractivity contribution in [3.63, 3.8) is 0 Å². The zero-order valence-electron chi connectivity index (χ0n) is 15.5. The monoisotopic (exact) mass is 378 g/mol. The molecular formula is C19H20F2N2O4.